The van der Waals surface area contributed by atoms with Crippen LogP contribution in [0.1, 0.15) is 40.0 Å². The fraction of sp³-hybridized carbons (Fsp3) is 0.917. The van der Waals surface area contributed by atoms with E-state index in [0.29, 0.717) is 0 Å². The summed E-state index contributed by atoms with van der Waals surface area (Å²) in [6, 6.07) is -0.0290. The number of likely N-dealkylation sites (N-methyl/N-ethyl adjacent to an activating group) is 1. The summed E-state index contributed by atoms with van der Waals surface area (Å²) in [5.41, 5.74) is 0.0370. The lowest BCUT2D eigenvalue weighted by atomic mass is 9.94. The van der Waals surface area contributed by atoms with Crippen LogP contribution in [0.15, 0.2) is 0 Å². The summed E-state index contributed by atoms with van der Waals surface area (Å²) in [7, 11) is 3.21. The molecular formula is C12H24N2O2. The summed E-state index contributed by atoms with van der Waals surface area (Å²) in [5, 5.41) is 1.34. The molecule has 1 amide bonds. The van der Waals surface area contributed by atoms with Crippen molar-refractivity contribution in [3.05, 3.63) is 0 Å². The molecule has 0 spiro atoms. The van der Waals surface area contributed by atoms with E-state index in [1.165, 1.54) is 18.6 Å². The van der Waals surface area contributed by atoms with Crippen LogP contribution < -0.4 is 0 Å². The lowest BCUT2D eigenvalue weighted by Gasteiger charge is -2.44. The first-order chi connectivity index (χ1) is 7.38. The molecule has 0 unspecified atom stereocenters. The van der Waals surface area contributed by atoms with Gasteiger partial charge < -0.3 is 0 Å². The van der Waals surface area contributed by atoms with Crippen molar-refractivity contribution in [2.24, 2.45) is 0 Å². The molecule has 4 heteroatoms. The van der Waals surface area contributed by atoms with Crippen molar-refractivity contribution in [3.8, 4) is 0 Å². The number of hydroxylamine groups is 2. The number of amides is 1. The third-order valence-electron chi connectivity index (χ3n) is 3.23. The Morgan fingerprint density at radius 2 is 2.00 bits per heavy atom. The minimum atomic E-state index is -0.0290. The van der Waals surface area contributed by atoms with Gasteiger partial charge in [-0.25, -0.2) is 5.06 Å². The molecule has 1 heterocycles. The first-order valence-corrected chi connectivity index (χ1v) is 5.96. The van der Waals surface area contributed by atoms with Crippen molar-refractivity contribution in [3.63, 3.8) is 0 Å². The van der Waals surface area contributed by atoms with Gasteiger partial charge in [0, 0.05) is 12.6 Å². The molecule has 0 aromatic rings. The molecule has 4 nitrogen and oxygen atoms in total. The van der Waals surface area contributed by atoms with Gasteiger partial charge in [-0.1, -0.05) is 6.42 Å². The number of likely N-dealkylation sites (tertiary alicyclic amines) is 1. The molecule has 1 saturated heterocycles. The standard InChI is InChI=1S/C12H24N2O2/c1-12(2,3)14-9-7-6-8-10(14)11(15)13(4)16-5/h10H,6-9H2,1-5H3/t10-/m1/s1. The van der Waals surface area contributed by atoms with Crippen molar-refractivity contribution in [1.82, 2.24) is 9.96 Å². The number of hydrogen-bond donors (Lipinski definition) is 0. The summed E-state index contributed by atoms with van der Waals surface area (Å²) in [4.78, 5) is 19.4. The van der Waals surface area contributed by atoms with Crippen LogP contribution in [0.3, 0.4) is 0 Å². The topological polar surface area (TPSA) is 32.8 Å². The van der Waals surface area contributed by atoms with Crippen molar-refractivity contribution >= 4 is 5.91 Å². The van der Waals surface area contributed by atoms with E-state index in [9.17, 15) is 4.79 Å². The highest BCUT2D eigenvalue weighted by Gasteiger charge is 2.36. The van der Waals surface area contributed by atoms with Crippen LogP contribution in [0, 0.1) is 0 Å². The minimum Gasteiger partial charge on any atom is -0.287 e. The van der Waals surface area contributed by atoms with E-state index < -0.39 is 0 Å². The highest BCUT2D eigenvalue weighted by molar-refractivity contribution is 5.80. The summed E-state index contributed by atoms with van der Waals surface area (Å²) in [6.07, 6.45) is 3.24. The molecule has 0 saturated carbocycles. The van der Waals surface area contributed by atoms with Gasteiger partial charge in [0.25, 0.3) is 5.91 Å². The van der Waals surface area contributed by atoms with E-state index in [1.54, 1.807) is 7.05 Å². The maximum absolute atomic E-state index is 12.1. The molecule has 0 aromatic carbocycles. The van der Waals surface area contributed by atoms with E-state index in [0.717, 1.165) is 19.4 Å². The quantitative estimate of drug-likeness (QED) is 0.674. The van der Waals surface area contributed by atoms with Gasteiger partial charge in [0.15, 0.2) is 0 Å². The van der Waals surface area contributed by atoms with Gasteiger partial charge in [0.05, 0.1) is 13.2 Å². The zero-order valence-electron chi connectivity index (χ0n) is 11.1. The van der Waals surface area contributed by atoms with Crippen LogP contribution in [0.4, 0.5) is 0 Å². The van der Waals surface area contributed by atoms with Gasteiger partial charge in [-0.2, -0.15) is 0 Å². The van der Waals surface area contributed by atoms with E-state index >= 15 is 0 Å². The Labute approximate surface area is 98.5 Å². The molecule has 16 heavy (non-hydrogen) atoms. The smallest absolute Gasteiger partial charge is 0.263 e. The number of carbonyl (C=O) groups is 1. The molecule has 0 N–H and O–H groups in total. The molecule has 0 aromatic heterocycles. The third kappa shape index (κ3) is 2.95. The van der Waals surface area contributed by atoms with Crippen LogP contribution in [0.25, 0.3) is 0 Å². The predicted molar refractivity (Wildman–Crippen MR) is 63.9 cm³/mol. The molecule has 0 aliphatic carbocycles. The molecule has 1 aliphatic rings. The molecule has 0 radical (unpaired) electrons. The molecule has 0 bridgehead atoms. The average Bonchev–Trinajstić information content (AvgIpc) is 2.26. The van der Waals surface area contributed by atoms with Gasteiger partial charge in [-0.15, -0.1) is 0 Å². The number of hydrogen-bond acceptors (Lipinski definition) is 3. The lowest BCUT2D eigenvalue weighted by molar-refractivity contribution is -0.178. The molecule has 1 aliphatic heterocycles. The molecule has 94 valence electrons. The normalized spacial score (nSPS) is 23.2. The number of rotatable bonds is 2. The monoisotopic (exact) mass is 228 g/mol. The Hall–Kier alpha value is -0.610. The van der Waals surface area contributed by atoms with Crippen LogP contribution in [0.2, 0.25) is 0 Å². The number of carbonyl (C=O) groups excluding carboxylic acids is 1. The Kier molecular flexibility index (Phi) is 4.33. The van der Waals surface area contributed by atoms with Gasteiger partial charge in [-0.05, 0) is 40.2 Å². The number of nitrogens with zero attached hydrogens (tertiary/aromatic N) is 2. The van der Waals surface area contributed by atoms with Gasteiger partial charge in [-0.3, -0.25) is 14.5 Å². The van der Waals surface area contributed by atoms with Gasteiger partial charge >= 0.3 is 0 Å². The SMILES string of the molecule is CON(C)C(=O)[C@H]1CCCCN1C(C)(C)C. The van der Waals surface area contributed by atoms with E-state index in [4.69, 9.17) is 4.84 Å². The maximum Gasteiger partial charge on any atom is 0.263 e. The van der Waals surface area contributed by atoms with Crippen LogP contribution in [0.5, 0.6) is 0 Å². The second-order valence-corrected chi connectivity index (χ2v) is 5.39. The molecule has 1 fully saturated rings. The molecule has 1 rings (SSSR count). The zero-order valence-corrected chi connectivity index (χ0v) is 11.1. The maximum atomic E-state index is 12.1. The predicted octanol–water partition coefficient (Wildman–Crippen LogP) is 1.66. The number of piperidine rings is 1. The second-order valence-electron chi connectivity index (χ2n) is 5.39. The zero-order chi connectivity index (χ0) is 12.3. The highest BCUT2D eigenvalue weighted by Crippen LogP contribution is 2.26. The first kappa shape index (κ1) is 13.5. The van der Waals surface area contributed by atoms with E-state index in [1.807, 2.05) is 0 Å². The molecule has 1 atom stereocenters. The van der Waals surface area contributed by atoms with Crippen molar-refractivity contribution in [1.29, 1.82) is 0 Å². The van der Waals surface area contributed by atoms with Crippen molar-refractivity contribution < 1.29 is 9.63 Å². The second kappa shape index (κ2) is 5.15. The first-order valence-electron chi connectivity index (χ1n) is 5.96. The van der Waals surface area contributed by atoms with E-state index in [2.05, 4.69) is 25.7 Å². The summed E-state index contributed by atoms with van der Waals surface area (Å²) < 4.78 is 0. The van der Waals surface area contributed by atoms with Crippen LogP contribution in [-0.4, -0.2) is 48.2 Å². The Bertz CT molecular complexity index is 248. The fourth-order valence-corrected chi connectivity index (χ4v) is 2.29. The third-order valence-corrected chi connectivity index (χ3v) is 3.23. The van der Waals surface area contributed by atoms with Gasteiger partial charge in [0.2, 0.25) is 0 Å². The Morgan fingerprint density at radius 1 is 1.38 bits per heavy atom. The highest BCUT2D eigenvalue weighted by atomic mass is 16.7. The Morgan fingerprint density at radius 3 is 2.50 bits per heavy atom. The Balaban J connectivity index is 2.78. The van der Waals surface area contributed by atoms with E-state index in [-0.39, 0.29) is 17.5 Å². The van der Waals surface area contributed by atoms with Crippen molar-refractivity contribution in [2.75, 3.05) is 20.7 Å². The molecular weight excluding hydrogens is 204 g/mol. The minimum absolute atomic E-state index is 0.0290. The fourth-order valence-electron chi connectivity index (χ4n) is 2.29. The van der Waals surface area contributed by atoms with Gasteiger partial charge in [0.1, 0.15) is 0 Å². The summed E-state index contributed by atoms with van der Waals surface area (Å²) in [6.45, 7) is 7.47. The average molecular weight is 228 g/mol. The largest absolute Gasteiger partial charge is 0.287 e. The summed E-state index contributed by atoms with van der Waals surface area (Å²) in [5.74, 6) is 0.0668. The van der Waals surface area contributed by atoms with Crippen LogP contribution >= 0.6 is 0 Å². The lowest BCUT2D eigenvalue weighted by Crippen LogP contribution is -2.56. The van der Waals surface area contributed by atoms with Crippen molar-refractivity contribution in [2.45, 2.75) is 51.6 Å². The van der Waals surface area contributed by atoms with Crippen LogP contribution in [-0.2, 0) is 9.63 Å². The summed E-state index contributed by atoms with van der Waals surface area (Å²) >= 11 is 0.